The molecule has 0 aliphatic rings. The fourth-order valence-corrected chi connectivity index (χ4v) is 2.36. The Bertz CT molecular complexity index is 812. The van der Waals surface area contributed by atoms with Crippen molar-refractivity contribution in [2.75, 3.05) is 0 Å². The van der Waals surface area contributed by atoms with E-state index in [1.165, 1.54) is 0 Å². The number of halogens is 1. The Labute approximate surface area is 138 Å². The van der Waals surface area contributed by atoms with Gasteiger partial charge in [-0.1, -0.05) is 35.9 Å². The molecule has 0 fully saturated rings. The van der Waals surface area contributed by atoms with Gasteiger partial charge in [-0.3, -0.25) is 0 Å². The molecule has 0 atom stereocenters. The maximum absolute atomic E-state index is 11.8. The van der Waals surface area contributed by atoms with Gasteiger partial charge in [0.15, 0.2) is 0 Å². The van der Waals surface area contributed by atoms with Gasteiger partial charge in [-0.15, -0.1) is 0 Å². The number of carbonyl (C=O) groups excluding carboxylic acids is 1. The summed E-state index contributed by atoms with van der Waals surface area (Å²) in [7, 11) is 0. The zero-order valence-corrected chi connectivity index (χ0v) is 13.4. The lowest BCUT2D eigenvalue weighted by Crippen LogP contribution is -2.24. The highest BCUT2D eigenvalue weighted by Crippen LogP contribution is 2.16. The molecule has 0 saturated carbocycles. The third kappa shape index (κ3) is 3.81. The van der Waals surface area contributed by atoms with Crippen LogP contribution in [-0.4, -0.2) is 16.1 Å². The molecule has 0 bridgehead atoms. The molecule has 1 aromatic heterocycles. The largest absolute Gasteiger partial charge is 0.445 e. The van der Waals surface area contributed by atoms with Crippen molar-refractivity contribution in [3.05, 3.63) is 64.4 Å². The number of nitrogens with one attached hydrogen (secondary N) is 2. The first-order valence-corrected chi connectivity index (χ1v) is 7.59. The zero-order valence-electron chi connectivity index (χ0n) is 12.6. The standard InChI is InChI=1S/C17H16ClN3O2/c1-11-8-12(6-7-13(11)18)10-23-17(22)19-9-16-20-14-4-2-3-5-15(14)21-16/h2-8H,9-10H2,1H3,(H,19,22)(H,20,21). The molecule has 0 unspecified atom stereocenters. The summed E-state index contributed by atoms with van der Waals surface area (Å²) in [5.41, 5.74) is 3.66. The molecule has 2 N–H and O–H groups in total. The van der Waals surface area contributed by atoms with E-state index in [-0.39, 0.29) is 13.2 Å². The van der Waals surface area contributed by atoms with Crippen LogP contribution in [0.2, 0.25) is 5.02 Å². The number of aromatic nitrogens is 2. The number of aryl methyl sites for hydroxylation is 1. The summed E-state index contributed by atoms with van der Waals surface area (Å²) in [6.45, 7) is 2.39. The van der Waals surface area contributed by atoms with Crippen LogP contribution >= 0.6 is 11.6 Å². The predicted octanol–water partition coefficient (Wildman–Crippen LogP) is 3.95. The molecule has 1 amide bonds. The van der Waals surface area contributed by atoms with Gasteiger partial charge in [-0.25, -0.2) is 9.78 Å². The van der Waals surface area contributed by atoms with E-state index in [4.69, 9.17) is 16.3 Å². The number of para-hydroxylation sites is 2. The highest BCUT2D eigenvalue weighted by Gasteiger charge is 2.06. The van der Waals surface area contributed by atoms with Crippen LogP contribution in [0.3, 0.4) is 0 Å². The van der Waals surface area contributed by atoms with E-state index in [9.17, 15) is 4.79 Å². The molecule has 0 saturated heterocycles. The van der Waals surface area contributed by atoms with Gasteiger partial charge in [0.05, 0.1) is 17.6 Å². The minimum Gasteiger partial charge on any atom is -0.445 e. The maximum atomic E-state index is 11.8. The minimum atomic E-state index is -0.488. The Morgan fingerprint density at radius 3 is 2.91 bits per heavy atom. The predicted molar refractivity (Wildman–Crippen MR) is 89.3 cm³/mol. The molecule has 0 spiro atoms. The second kappa shape index (κ2) is 6.71. The summed E-state index contributed by atoms with van der Waals surface area (Å²) in [5, 5.41) is 3.37. The summed E-state index contributed by atoms with van der Waals surface area (Å²) in [6.07, 6.45) is -0.488. The van der Waals surface area contributed by atoms with Gasteiger partial charge in [0, 0.05) is 5.02 Å². The van der Waals surface area contributed by atoms with Gasteiger partial charge >= 0.3 is 6.09 Å². The molecule has 0 aliphatic heterocycles. The van der Waals surface area contributed by atoms with E-state index in [1.807, 2.05) is 43.3 Å². The van der Waals surface area contributed by atoms with E-state index >= 15 is 0 Å². The highest BCUT2D eigenvalue weighted by atomic mass is 35.5. The average Bonchev–Trinajstić information content (AvgIpc) is 2.97. The van der Waals surface area contributed by atoms with Crippen LogP contribution in [0.25, 0.3) is 11.0 Å². The number of H-pyrrole nitrogens is 1. The van der Waals surface area contributed by atoms with Crippen LogP contribution in [0.15, 0.2) is 42.5 Å². The molecule has 0 radical (unpaired) electrons. The number of hydrogen-bond acceptors (Lipinski definition) is 3. The topological polar surface area (TPSA) is 67.0 Å². The lowest BCUT2D eigenvalue weighted by molar-refractivity contribution is 0.139. The number of nitrogens with zero attached hydrogens (tertiary/aromatic N) is 1. The number of imidazole rings is 1. The number of aromatic amines is 1. The summed E-state index contributed by atoms with van der Waals surface area (Å²) >= 11 is 5.96. The average molecular weight is 330 g/mol. The van der Waals surface area contributed by atoms with Crippen molar-refractivity contribution >= 4 is 28.7 Å². The van der Waals surface area contributed by atoms with Crippen LogP contribution in [0.5, 0.6) is 0 Å². The lowest BCUT2D eigenvalue weighted by Gasteiger charge is -2.07. The fraction of sp³-hybridized carbons (Fsp3) is 0.176. The maximum Gasteiger partial charge on any atom is 0.407 e. The molecule has 3 rings (SSSR count). The molecule has 23 heavy (non-hydrogen) atoms. The number of amides is 1. The molecule has 6 heteroatoms. The van der Waals surface area contributed by atoms with Gasteiger partial charge in [0.1, 0.15) is 12.4 Å². The number of hydrogen-bond donors (Lipinski definition) is 2. The van der Waals surface area contributed by atoms with E-state index in [2.05, 4.69) is 15.3 Å². The molecule has 1 heterocycles. The first-order valence-electron chi connectivity index (χ1n) is 7.21. The van der Waals surface area contributed by atoms with Crippen LogP contribution in [0, 0.1) is 6.92 Å². The van der Waals surface area contributed by atoms with E-state index in [0.29, 0.717) is 10.8 Å². The number of alkyl carbamates (subject to hydrolysis) is 1. The van der Waals surface area contributed by atoms with Gasteiger partial charge < -0.3 is 15.0 Å². The number of benzene rings is 2. The van der Waals surface area contributed by atoms with E-state index in [0.717, 1.165) is 22.2 Å². The second-order valence-electron chi connectivity index (χ2n) is 5.21. The molecule has 3 aromatic rings. The van der Waals surface area contributed by atoms with Crippen molar-refractivity contribution in [2.45, 2.75) is 20.1 Å². The normalized spacial score (nSPS) is 10.7. The van der Waals surface area contributed by atoms with Gasteiger partial charge in [-0.05, 0) is 36.2 Å². The molecule has 118 valence electrons. The van der Waals surface area contributed by atoms with Crippen molar-refractivity contribution in [2.24, 2.45) is 0 Å². The van der Waals surface area contributed by atoms with Gasteiger partial charge in [-0.2, -0.15) is 0 Å². The van der Waals surface area contributed by atoms with Crippen LogP contribution in [0.1, 0.15) is 17.0 Å². The van der Waals surface area contributed by atoms with Crippen molar-refractivity contribution in [1.29, 1.82) is 0 Å². The summed E-state index contributed by atoms with van der Waals surface area (Å²) in [4.78, 5) is 19.3. The third-order valence-corrected chi connectivity index (χ3v) is 3.85. The number of rotatable bonds is 4. The Morgan fingerprint density at radius 2 is 2.13 bits per heavy atom. The van der Waals surface area contributed by atoms with Gasteiger partial charge in [0.25, 0.3) is 0 Å². The van der Waals surface area contributed by atoms with Crippen LogP contribution in [0.4, 0.5) is 4.79 Å². The van der Waals surface area contributed by atoms with E-state index in [1.54, 1.807) is 6.07 Å². The van der Waals surface area contributed by atoms with Crippen molar-refractivity contribution < 1.29 is 9.53 Å². The van der Waals surface area contributed by atoms with Crippen molar-refractivity contribution in [3.8, 4) is 0 Å². The van der Waals surface area contributed by atoms with Crippen LogP contribution < -0.4 is 5.32 Å². The lowest BCUT2D eigenvalue weighted by atomic mass is 10.1. The van der Waals surface area contributed by atoms with Gasteiger partial charge in [0.2, 0.25) is 0 Å². The SMILES string of the molecule is Cc1cc(COC(=O)NCc2nc3ccccc3[nH]2)ccc1Cl. The summed E-state index contributed by atoms with van der Waals surface area (Å²) < 4.78 is 5.18. The highest BCUT2D eigenvalue weighted by molar-refractivity contribution is 6.31. The molecule has 2 aromatic carbocycles. The molecule has 0 aliphatic carbocycles. The Balaban J connectivity index is 1.52. The molecular formula is C17H16ClN3O2. The third-order valence-electron chi connectivity index (χ3n) is 3.43. The van der Waals surface area contributed by atoms with Crippen LogP contribution in [-0.2, 0) is 17.9 Å². The molecule has 5 nitrogen and oxygen atoms in total. The number of ether oxygens (including phenoxy) is 1. The summed E-state index contributed by atoms with van der Waals surface area (Å²) in [5.74, 6) is 0.686. The fourth-order valence-electron chi connectivity index (χ4n) is 2.24. The monoisotopic (exact) mass is 329 g/mol. The second-order valence-corrected chi connectivity index (χ2v) is 5.62. The minimum absolute atomic E-state index is 0.198. The number of carbonyl (C=O) groups is 1. The van der Waals surface area contributed by atoms with Crippen molar-refractivity contribution in [1.82, 2.24) is 15.3 Å². The van der Waals surface area contributed by atoms with Crippen molar-refractivity contribution in [3.63, 3.8) is 0 Å². The van der Waals surface area contributed by atoms with E-state index < -0.39 is 6.09 Å². The Hall–Kier alpha value is -2.53. The first kappa shape index (κ1) is 15.4. The zero-order chi connectivity index (χ0) is 16.2. The molecular weight excluding hydrogens is 314 g/mol. The number of fused-ring (bicyclic) bond motifs is 1. The summed E-state index contributed by atoms with van der Waals surface area (Å²) in [6, 6.07) is 13.2. The Morgan fingerprint density at radius 1 is 1.30 bits per heavy atom. The quantitative estimate of drug-likeness (QED) is 0.761. The smallest absolute Gasteiger partial charge is 0.407 e. The Kier molecular flexibility index (Phi) is 4.48. The first-order chi connectivity index (χ1) is 11.1.